The Balaban J connectivity index is 1.61. The summed E-state index contributed by atoms with van der Waals surface area (Å²) < 4.78 is 107. The Kier molecular flexibility index (Phi) is 6.20. The van der Waals surface area contributed by atoms with Crippen molar-refractivity contribution in [1.82, 2.24) is 20.2 Å². The van der Waals surface area contributed by atoms with E-state index in [-0.39, 0.29) is 24.1 Å². The first kappa shape index (κ1) is 23.8. The standard InChI is InChI=1S/C22H27F6N5O3/c1-20(2,22(26,27)28)36-9-13(29)18-30-14-6-3-11(7-15(14)31-18)16(10-35-12-4-5-12)33-8-17(21(23,24)25)32-19(33)34/h3,6-7,12-13,16-17H,4-5,8-10,29H2,1-2H3,(H,30,31)(H,32,34)/t13-,16+,17-/m0/s1/i8D2. The summed E-state index contributed by atoms with van der Waals surface area (Å²) in [7, 11) is 0. The fraction of sp³-hybridized carbons (Fsp3) is 0.636. The number of hydrogen-bond acceptors (Lipinski definition) is 5. The molecule has 0 bridgehead atoms. The molecule has 1 saturated carbocycles. The first-order valence-electron chi connectivity index (χ1n) is 12.2. The zero-order valence-corrected chi connectivity index (χ0v) is 19.3. The van der Waals surface area contributed by atoms with Crippen molar-refractivity contribution in [3.8, 4) is 0 Å². The largest absolute Gasteiger partial charge is 0.416 e. The van der Waals surface area contributed by atoms with E-state index in [4.69, 9.17) is 17.9 Å². The van der Waals surface area contributed by atoms with Crippen LogP contribution in [0.3, 0.4) is 0 Å². The van der Waals surface area contributed by atoms with Crippen LogP contribution in [0, 0.1) is 0 Å². The highest BCUT2D eigenvalue weighted by Crippen LogP contribution is 2.35. The van der Waals surface area contributed by atoms with Gasteiger partial charge in [0.15, 0.2) is 5.60 Å². The van der Waals surface area contributed by atoms with Crippen LogP contribution in [0.2, 0.25) is 0 Å². The predicted molar refractivity (Wildman–Crippen MR) is 116 cm³/mol. The number of H-pyrrole nitrogens is 1. The maximum absolute atomic E-state index is 13.5. The molecule has 2 fully saturated rings. The van der Waals surface area contributed by atoms with Crippen LogP contribution in [-0.2, 0) is 9.47 Å². The third-order valence-corrected chi connectivity index (χ3v) is 5.97. The number of aromatic nitrogens is 2. The van der Waals surface area contributed by atoms with E-state index in [1.54, 1.807) is 5.32 Å². The van der Waals surface area contributed by atoms with E-state index in [1.165, 1.54) is 18.2 Å². The topological polar surface area (TPSA) is 106 Å². The minimum atomic E-state index is -5.03. The van der Waals surface area contributed by atoms with Crippen LogP contribution in [0.5, 0.6) is 0 Å². The smallest absolute Gasteiger partial charge is 0.376 e. The summed E-state index contributed by atoms with van der Waals surface area (Å²) in [4.78, 5) is 20.2. The molecule has 200 valence electrons. The summed E-state index contributed by atoms with van der Waals surface area (Å²) in [5, 5.41) is 1.68. The normalized spacial score (nSPS) is 23.4. The summed E-state index contributed by atoms with van der Waals surface area (Å²) in [5.41, 5.74) is 4.47. The van der Waals surface area contributed by atoms with E-state index >= 15 is 0 Å². The molecule has 2 heterocycles. The molecular weight excluding hydrogens is 496 g/mol. The highest BCUT2D eigenvalue weighted by molar-refractivity contribution is 5.79. The molecule has 2 aromatic rings. The quantitative estimate of drug-likeness (QED) is 0.428. The molecule has 2 aliphatic rings. The highest BCUT2D eigenvalue weighted by atomic mass is 19.4. The molecule has 1 aromatic carbocycles. The molecule has 0 spiro atoms. The van der Waals surface area contributed by atoms with Gasteiger partial charge in [0.1, 0.15) is 11.9 Å². The van der Waals surface area contributed by atoms with Crippen molar-refractivity contribution in [2.45, 2.75) is 68.9 Å². The van der Waals surface area contributed by atoms with E-state index in [9.17, 15) is 31.1 Å². The Morgan fingerprint density at radius 2 is 1.92 bits per heavy atom. The fourth-order valence-electron chi connectivity index (χ4n) is 3.48. The van der Waals surface area contributed by atoms with Gasteiger partial charge in [-0.1, -0.05) is 6.07 Å². The van der Waals surface area contributed by atoms with Crippen LogP contribution in [0.4, 0.5) is 31.1 Å². The lowest BCUT2D eigenvalue weighted by molar-refractivity contribution is -0.264. The highest BCUT2D eigenvalue weighted by Gasteiger charge is 2.49. The minimum Gasteiger partial charge on any atom is -0.376 e. The molecule has 2 amide bonds. The third-order valence-electron chi connectivity index (χ3n) is 5.97. The van der Waals surface area contributed by atoms with Gasteiger partial charge in [-0.15, -0.1) is 0 Å². The van der Waals surface area contributed by atoms with E-state index < -0.39 is 55.2 Å². The van der Waals surface area contributed by atoms with Gasteiger partial charge in [-0.2, -0.15) is 26.3 Å². The summed E-state index contributed by atoms with van der Waals surface area (Å²) in [6, 6.07) is -1.86. The van der Waals surface area contributed by atoms with Crippen molar-refractivity contribution in [3.63, 3.8) is 0 Å². The van der Waals surface area contributed by atoms with Crippen LogP contribution in [0.1, 0.15) is 52.9 Å². The number of fused-ring (bicyclic) bond motifs is 1. The maximum Gasteiger partial charge on any atom is 0.416 e. The fourth-order valence-corrected chi connectivity index (χ4v) is 3.48. The number of nitrogens with two attached hydrogens (primary N) is 1. The summed E-state index contributed by atoms with van der Waals surface area (Å²) >= 11 is 0. The molecule has 0 unspecified atom stereocenters. The van der Waals surface area contributed by atoms with Gasteiger partial charge in [-0.05, 0) is 44.4 Å². The number of rotatable bonds is 9. The zero-order valence-electron chi connectivity index (χ0n) is 21.3. The SMILES string of the molecule is [2H]C1([2H])[C@@H](C(F)(F)F)NC(=O)N1[C@H](COC1CC1)c1ccc2nc([C@@H](N)COC(C)(C)C(F)(F)F)[nH]c2c1. The molecule has 36 heavy (non-hydrogen) atoms. The lowest BCUT2D eigenvalue weighted by atomic mass is 10.1. The number of nitrogens with zero attached hydrogens (tertiary/aromatic N) is 2. The molecular formula is C22H27F6N5O3. The average Bonchev–Trinajstić information content (AvgIpc) is 3.46. The number of benzene rings is 1. The molecule has 14 heteroatoms. The number of aromatic amines is 1. The Morgan fingerprint density at radius 1 is 1.22 bits per heavy atom. The molecule has 1 aromatic heterocycles. The van der Waals surface area contributed by atoms with Crippen molar-refractivity contribution in [2.75, 3.05) is 19.7 Å². The number of halogens is 6. The Morgan fingerprint density at radius 3 is 2.50 bits per heavy atom. The van der Waals surface area contributed by atoms with E-state index in [2.05, 4.69) is 9.97 Å². The Hall–Kier alpha value is -2.58. The minimum absolute atomic E-state index is 0.104. The Bertz CT molecular complexity index is 1180. The zero-order chi connectivity index (χ0) is 28.3. The number of carbonyl (C=O) groups excluding carboxylic acids is 1. The number of urea groups is 1. The maximum atomic E-state index is 13.5. The molecule has 1 saturated heterocycles. The first-order valence-corrected chi connectivity index (χ1v) is 11.2. The monoisotopic (exact) mass is 525 g/mol. The molecule has 4 N–H and O–H groups in total. The number of carbonyl (C=O) groups is 1. The second-order valence-corrected chi connectivity index (χ2v) is 9.30. The number of alkyl halides is 6. The second-order valence-electron chi connectivity index (χ2n) is 9.30. The van der Waals surface area contributed by atoms with Crippen molar-refractivity contribution in [2.24, 2.45) is 5.73 Å². The van der Waals surface area contributed by atoms with E-state index in [0.29, 0.717) is 15.9 Å². The van der Waals surface area contributed by atoms with Gasteiger partial charge in [-0.25, -0.2) is 9.78 Å². The molecule has 1 aliphatic heterocycles. The van der Waals surface area contributed by atoms with Crippen molar-refractivity contribution in [1.29, 1.82) is 0 Å². The summed E-state index contributed by atoms with van der Waals surface area (Å²) in [5.74, 6) is 0.104. The molecule has 8 nitrogen and oxygen atoms in total. The molecule has 1 aliphatic carbocycles. The lowest BCUT2D eigenvalue weighted by Crippen LogP contribution is -2.43. The lowest BCUT2D eigenvalue weighted by Gasteiger charge is -2.28. The van der Waals surface area contributed by atoms with Crippen LogP contribution in [0.15, 0.2) is 18.2 Å². The van der Waals surface area contributed by atoms with Crippen LogP contribution in [0.25, 0.3) is 11.0 Å². The number of ether oxygens (including phenoxy) is 2. The molecule has 0 radical (unpaired) electrons. The van der Waals surface area contributed by atoms with Gasteiger partial charge in [0.25, 0.3) is 0 Å². The number of imidazole rings is 1. The van der Waals surface area contributed by atoms with E-state index in [0.717, 1.165) is 26.7 Å². The van der Waals surface area contributed by atoms with Crippen molar-refractivity contribution < 1.29 is 43.4 Å². The van der Waals surface area contributed by atoms with Crippen LogP contribution >= 0.6 is 0 Å². The second kappa shape index (κ2) is 9.38. The summed E-state index contributed by atoms with van der Waals surface area (Å²) in [6.45, 7) is -2.15. The number of amides is 2. The third kappa shape index (κ3) is 5.70. The van der Waals surface area contributed by atoms with Crippen LogP contribution in [-0.4, -0.2) is 70.7 Å². The van der Waals surface area contributed by atoms with Gasteiger partial charge >= 0.3 is 18.4 Å². The average molecular weight is 525 g/mol. The van der Waals surface area contributed by atoms with E-state index in [1.807, 2.05) is 0 Å². The van der Waals surface area contributed by atoms with Crippen LogP contribution < -0.4 is 11.1 Å². The van der Waals surface area contributed by atoms with Gasteiger partial charge in [0.05, 0.1) is 51.7 Å². The number of nitrogens with one attached hydrogen (secondary N) is 2. The van der Waals surface area contributed by atoms with Gasteiger partial charge in [-0.3, -0.25) is 0 Å². The van der Waals surface area contributed by atoms with Crippen molar-refractivity contribution in [3.05, 3.63) is 29.6 Å². The Labute approximate surface area is 205 Å². The van der Waals surface area contributed by atoms with Crippen molar-refractivity contribution >= 4 is 17.1 Å². The molecule has 4 rings (SSSR count). The van der Waals surface area contributed by atoms with Gasteiger partial charge < -0.3 is 30.4 Å². The summed E-state index contributed by atoms with van der Waals surface area (Å²) in [6.07, 6.45) is -8.30. The van der Waals surface area contributed by atoms with Gasteiger partial charge in [0.2, 0.25) is 0 Å². The molecule has 3 atom stereocenters. The predicted octanol–water partition coefficient (Wildman–Crippen LogP) is 4.10. The first-order chi connectivity index (χ1) is 17.4. The van der Waals surface area contributed by atoms with Gasteiger partial charge in [0, 0.05) is 0 Å². The number of hydrogen-bond donors (Lipinski definition) is 3.